The van der Waals surface area contributed by atoms with Crippen LogP contribution in [0, 0.1) is 12.7 Å². The van der Waals surface area contributed by atoms with Crippen molar-refractivity contribution < 1.29 is 8.91 Å². The van der Waals surface area contributed by atoms with Crippen molar-refractivity contribution >= 4 is 5.96 Å². The molecule has 1 aromatic heterocycles. The van der Waals surface area contributed by atoms with Gasteiger partial charge in [-0.15, -0.1) is 0 Å². The van der Waals surface area contributed by atoms with Crippen molar-refractivity contribution in [3.05, 3.63) is 52.2 Å². The van der Waals surface area contributed by atoms with Crippen molar-refractivity contribution in [2.45, 2.75) is 53.6 Å². The Kier molecular flexibility index (Phi) is 6.98. The van der Waals surface area contributed by atoms with Crippen LogP contribution in [0.5, 0.6) is 0 Å². The van der Waals surface area contributed by atoms with Gasteiger partial charge in [-0.25, -0.2) is 9.38 Å². The zero-order chi connectivity index (χ0) is 18.2. The Morgan fingerprint density at radius 2 is 2.00 bits per heavy atom. The quantitative estimate of drug-likeness (QED) is 0.595. The van der Waals surface area contributed by atoms with E-state index in [2.05, 4.69) is 34.6 Å². The minimum absolute atomic E-state index is 0.199. The Hall–Kier alpha value is -2.37. The predicted molar refractivity (Wildman–Crippen MR) is 98.1 cm³/mol. The van der Waals surface area contributed by atoms with E-state index in [0.717, 1.165) is 42.0 Å². The van der Waals surface area contributed by atoms with E-state index < -0.39 is 0 Å². The van der Waals surface area contributed by atoms with Crippen LogP contribution in [-0.2, 0) is 25.9 Å². The van der Waals surface area contributed by atoms with E-state index in [0.29, 0.717) is 24.6 Å². The van der Waals surface area contributed by atoms with Crippen LogP contribution in [0.4, 0.5) is 4.39 Å². The maximum atomic E-state index is 13.7. The van der Waals surface area contributed by atoms with Crippen molar-refractivity contribution in [3.63, 3.8) is 0 Å². The summed E-state index contributed by atoms with van der Waals surface area (Å²) in [5, 5.41) is 10.6. The lowest BCUT2D eigenvalue weighted by atomic mass is 10.1. The maximum Gasteiger partial charge on any atom is 0.191 e. The third-order valence-electron chi connectivity index (χ3n) is 4.04. The molecular weight excluding hydrogens is 319 g/mol. The SMILES string of the molecule is CCNC(=NCc1ccc(C)c(F)c1)NCc1c(CC)noc1CC. The standard InChI is InChI=1S/C19H27FN4O/c1-5-17-15(18(6-2)25-24-17)12-23-19(21-7-3)22-11-14-9-8-13(4)16(20)10-14/h8-10H,5-7,11-12H2,1-4H3,(H2,21,22,23). The predicted octanol–water partition coefficient (Wildman–Crippen LogP) is 3.50. The van der Waals surface area contributed by atoms with Gasteiger partial charge in [0.1, 0.15) is 11.6 Å². The van der Waals surface area contributed by atoms with Gasteiger partial charge in [-0.3, -0.25) is 0 Å². The molecule has 1 heterocycles. The smallest absolute Gasteiger partial charge is 0.191 e. The summed E-state index contributed by atoms with van der Waals surface area (Å²) in [4.78, 5) is 4.54. The third kappa shape index (κ3) is 5.05. The average Bonchev–Trinajstić information content (AvgIpc) is 3.02. The molecule has 0 saturated carbocycles. The molecule has 6 heteroatoms. The molecule has 0 aliphatic heterocycles. The summed E-state index contributed by atoms with van der Waals surface area (Å²) in [7, 11) is 0. The third-order valence-corrected chi connectivity index (χ3v) is 4.04. The second-order valence-corrected chi connectivity index (χ2v) is 5.87. The summed E-state index contributed by atoms with van der Waals surface area (Å²) in [6.45, 7) is 9.64. The second-order valence-electron chi connectivity index (χ2n) is 5.87. The van der Waals surface area contributed by atoms with Crippen LogP contribution < -0.4 is 10.6 Å². The van der Waals surface area contributed by atoms with Crippen molar-refractivity contribution in [3.8, 4) is 0 Å². The molecule has 0 amide bonds. The van der Waals surface area contributed by atoms with Crippen molar-refractivity contribution in [2.24, 2.45) is 4.99 Å². The van der Waals surface area contributed by atoms with E-state index in [1.165, 1.54) is 6.07 Å². The van der Waals surface area contributed by atoms with Gasteiger partial charge in [-0.2, -0.15) is 0 Å². The summed E-state index contributed by atoms with van der Waals surface area (Å²) in [6.07, 6.45) is 1.64. The van der Waals surface area contributed by atoms with E-state index in [4.69, 9.17) is 4.52 Å². The monoisotopic (exact) mass is 346 g/mol. The van der Waals surface area contributed by atoms with Gasteiger partial charge in [0, 0.05) is 25.1 Å². The molecule has 0 bridgehead atoms. The van der Waals surface area contributed by atoms with Crippen LogP contribution in [0.2, 0.25) is 0 Å². The normalized spacial score (nSPS) is 11.6. The Morgan fingerprint density at radius 3 is 2.64 bits per heavy atom. The molecule has 0 aliphatic rings. The average molecular weight is 346 g/mol. The Labute approximate surface area is 148 Å². The number of halogens is 1. The van der Waals surface area contributed by atoms with Crippen molar-refractivity contribution in [1.82, 2.24) is 15.8 Å². The summed E-state index contributed by atoms with van der Waals surface area (Å²) < 4.78 is 19.0. The highest BCUT2D eigenvalue weighted by atomic mass is 19.1. The molecule has 2 rings (SSSR count). The molecule has 1 aromatic carbocycles. The zero-order valence-electron chi connectivity index (χ0n) is 15.4. The van der Waals surface area contributed by atoms with Crippen molar-refractivity contribution in [2.75, 3.05) is 6.54 Å². The van der Waals surface area contributed by atoms with E-state index in [9.17, 15) is 4.39 Å². The number of aryl methyl sites for hydroxylation is 3. The van der Waals surface area contributed by atoms with Crippen LogP contribution in [-0.4, -0.2) is 17.7 Å². The summed E-state index contributed by atoms with van der Waals surface area (Å²) in [6, 6.07) is 5.21. The van der Waals surface area contributed by atoms with Gasteiger partial charge in [0.2, 0.25) is 0 Å². The van der Waals surface area contributed by atoms with Gasteiger partial charge in [-0.1, -0.05) is 31.1 Å². The number of aliphatic imine (C=N–C) groups is 1. The number of nitrogens with zero attached hydrogens (tertiary/aromatic N) is 2. The first-order chi connectivity index (χ1) is 12.1. The second kappa shape index (κ2) is 9.20. The summed E-state index contributed by atoms with van der Waals surface area (Å²) in [5.41, 5.74) is 3.55. The Morgan fingerprint density at radius 1 is 1.20 bits per heavy atom. The van der Waals surface area contributed by atoms with Gasteiger partial charge < -0.3 is 15.2 Å². The number of rotatable bonds is 7. The lowest BCUT2D eigenvalue weighted by Gasteiger charge is -2.12. The molecule has 0 atom stereocenters. The lowest BCUT2D eigenvalue weighted by molar-refractivity contribution is 0.380. The number of hydrogen-bond acceptors (Lipinski definition) is 3. The number of hydrogen-bond donors (Lipinski definition) is 2. The fraction of sp³-hybridized carbons (Fsp3) is 0.474. The molecule has 0 saturated heterocycles. The number of guanidine groups is 1. The molecule has 0 spiro atoms. The largest absolute Gasteiger partial charge is 0.361 e. The first-order valence-corrected chi connectivity index (χ1v) is 8.82. The van der Waals surface area contributed by atoms with Gasteiger partial charge in [0.05, 0.1) is 12.2 Å². The topological polar surface area (TPSA) is 62.5 Å². The maximum absolute atomic E-state index is 13.7. The summed E-state index contributed by atoms with van der Waals surface area (Å²) in [5.74, 6) is 1.39. The molecule has 5 nitrogen and oxygen atoms in total. The van der Waals surface area contributed by atoms with Crippen LogP contribution in [0.15, 0.2) is 27.7 Å². The van der Waals surface area contributed by atoms with Gasteiger partial charge in [-0.05, 0) is 37.5 Å². The Balaban J connectivity index is 2.07. The molecular formula is C19H27FN4O. The van der Waals surface area contributed by atoms with Crippen molar-refractivity contribution in [1.29, 1.82) is 0 Å². The van der Waals surface area contributed by atoms with Crippen LogP contribution >= 0.6 is 0 Å². The molecule has 0 aliphatic carbocycles. The number of aromatic nitrogens is 1. The van der Waals surface area contributed by atoms with Gasteiger partial charge >= 0.3 is 0 Å². The zero-order valence-corrected chi connectivity index (χ0v) is 15.4. The first-order valence-electron chi connectivity index (χ1n) is 8.82. The number of benzene rings is 1. The van der Waals surface area contributed by atoms with Gasteiger partial charge in [0.25, 0.3) is 0 Å². The van der Waals surface area contributed by atoms with Crippen LogP contribution in [0.3, 0.4) is 0 Å². The molecule has 0 fully saturated rings. The van der Waals surface area contributed by atoms with Crippen LogP contribution in [0.1, 0.15) is 48.9 Å². The number of nitrogens with one attached hydrogen (secondary N) is 2. The fourth-order valence-corrected chi connectivity index (χ4v) is 2.56. The highest BCUT2D eigenvalue weighted by molar-refractivity contribution is 5.79. The van der Waals surface area contributed by atoms with Gasteiger partial charge in [0.15, 0.2) is 5.96 Å². The minimum atomic E-state index is -0.199. The first kappa shape index (κ1) is 19.0. The fourth-order valence-electron chi connectivity index (χ4n) is 2.56. The highest BCUT2D eigenvalue weighted by Crippen LogP contribution is 2.15. The summed E-state index contributed by atoms with van der Waals surface area (Å²) >= 11 is 0. The lowest BCUT2D eigenvalue weighted by Crippen LogP contribution is -2.37. The van der Waals surface area contributed by atoms with E-state index in [1.54, 1.807) is 13.0 Å². The molecule has 2 N–H and O–H groups in total. The van der Waals surface area contributed by atoms with E-state index in [-0.39, 0.29) is 5.82 Å². The molecule has 136 valence electrons. The molecule has 25 heavy (non-hydrogen) atoms. The van der Waals surface area contributed by atoms with E-state index >= 15 is 0 Å². The molecule has 0 unspecified atom stereocenters. The Bertz CT molecular complexity index is 703. The molecule has 0 radical (unpaired) electrons. The van der Waals surface area contributed by atoms with Crippen LogP contribution in [0.25, 0.3) is 0 Å². The minimum Gasteiger partial charge on any atom is -0.361 e. The molecule has 2 aromatic rings. The highest BCUT2D eigenvalue weighted by Gasteiger charge is 2.13. The van der Waals surface area contributed by atoms with E-state index in [1.807, 2.05) is 13.0 Å².